The molecule has 2 heterocycles. The maximum Gasteiger partial charge on any atom is 0.0805 e. The molecule has 2 saturated heterocycles. The van der Waals surface area contributed by atoms with Gasteiger partial charge in [0.15, 0.2) is 0 Å². The van der Waals surface area contributed by atoms with Crippen molar-refractivity contribution in [3.63, 3.8) is 0 Å². The van der Waals surface area contributed by atoms with Crippen molar-refractivity contribution in [2.45, 2.75) is 102 Å². The number of nitrogens with zero attached hydrogens (tertiary/aromatic N) is 1. The largest absolute Gasteiger partial charge is 0.393 e. The zero-order chi connectivity index (χ0) is 21.7. The van der Waals surface area contributed by atoms with E-state index in [2.05, 4.69) is 25.7 Å². The maximum atomic E-state index is 11.8. The Bertz CT molecular complexity index is 711. The highest BCUT2D eigenvalue weighted by atomic mass is 16.3. The molecule has 4 saturated carbocycles. The third kappa shape index (κ3) is 3.00. The summed E-state index contributed by atoms with van der Waals surface area (Å²) in [5.74, 6) is 4.89. The second-order valence-corrected chi connectivity index (χ2v) is 13.4. The van der Waals surface area contributed by atoms with Crippen LogP contribution < -0.4 is 0 Å². The van der Waals surface area contributed by atoms with Gasteiger partial charge in [-0.3, -0.25) is 4.90 Å². The highest BCUT2D eigenvalue weighted by Crippen LogP contribution is 2.67. The predicted molar refractivity (Wildman–Crippen MR) is 121 cm³/mol. The first-order valence-electron chi connectivity index (χ1n) is 13.5. The van der Waals surface area contributed by atoms with Gasteiger partial charge in [-0.25, -0.2) is 0 Å². The van der Waals surface area contributed by atoms with E-state index in [1.807, 2.05) is 0 Å². The summed E-state index contributed by atoms with van der Waals surface area (Å²) >= 11 is 0. The fraction of sp³-hybridized carbons (Fsp3) is 1.00. The number of aliphatic hydroxyl groups is 3. The van der Waals surface area contributed by atoms with Gasteiger partial charge in [0, 0.05) is 19.1 Å². The van der Waals surface area contributed by atoms with Crippen molar-refractivity contribution >= 4 is 0 Å². The van der Waals surface area contributed by atoms with Crippen LogP contribution in [0, 0.1) is 52.8 Å². The van der Waals surface area contributed by atoms with Crippen molar-refractivity contribution in [3.05, 3.63) is 0 Å². The normalized spacial score (nSPS) is 61.5. The summed E-state index contributed by atoms with van der Waals surface area (Å²) in [6.45, 7) is 9.36. The van der Waals surface area contributed by atoms with E-state index in [0.29, 0.717) is 35.6 Å². The molecule has 0 unspecified atom stereocenters. The number of aliphatic hydroxyl groups excluding tert-OH is 2. The van der Waals surface area contributed by atoms with E-state index < -0.39 is 5.60 Å². The van der Waals surface area contributed by atoms with Gasteiger partial charge in [-0.15, -0.1) is 0 Å². The van der Waals surface area contributed by atoms with Gasteiger partial charge in [-0.2, -0.15) is 0 Å². The van der Waals surface area contributed by atoms with Crippen molar-refractivity contribution < 1.29 is 15.3 Å². The van der Waals surface area contributed by atoms with Crippen LogP contribution in [0.5, 0.6) is 0 Å². The van der Waals surface area contributed by atoms with Crippen LogP contribution in [-0.4, -0.2) is 57.2 Å². The van der Waals surface area contributed by atoms with E-state index in [0.717, 1.165) is 50.5 Å². The molecule has 176 valence electrons. The molecule has 6 fully saturated rings. The van der Waals surface area contributed by atoms with E-state index in [9.17, 15) is 15.3 Å². The van der Waals surface area contributed by atoms with Crippen LogP contribution in [0.25, 0.3) is 0 Å². The minimum absolute atomic E-state index is 0.188. The van der Waals surface area contributed by atoms with Crippen molar-refractivity contribution in [1.29, 1.82) is 0 Å². The van der Waals surface area contributed by atoms with Gasteiger partial charge in [-0.1, -0.05) is 13.8 Å². The summed E-state index contributed by atoms with van der Waals surface area (Å²) in [5, 5.41) is 33.3. The molecule has 4 heteroatoms. The van der Waals surface area contributed by atoms with Crippen molar-refractivity contribution in [2.75, 3.05) is 13.1 Å². The smallest absolute Gasteiger partial charge is 0.0805 e. The molecule has 0 radical (unpaired) electrons. The summed E-state index contributed by atoms with van der Waals surface area (Å²) in [5.41, 5.74) is -0.365. The van der Waals surface area contributed by atoms with Crippen molar-refractivity contribution in [2.24, 2.45) is 52.8 Å². The average molecular weight is 432 g/mol. The van der Waals surface area contributed by atoms with Crippen LogP contribution in [0.3, 0.4) is 0 Å². The summed E-state index contributed by atoms with van der Waals surface area (Å²) in [6, 6.07) is 0.355. The van der Waals surface area contributed by atoms with Crippen LogP contribution in [0.4, 0.5) is 0 Å². The van der Waals surface area contributed by atoms with Crippen LogP contribution in [0.1, 0.15) is 78.6 Å². The minimum Gasteiger partial charge on any atom is -0.393 e. The highest BCUT2D eigenvalue weighted by Gasteiger charge is 2.64. The fourth-order valence-corrected chi connectivity index (χ4v) is 10.6. The molecule has 0 bridgehead atoms. The third-order valence-corrected chi connectivity index (χ3v) is 12.0. The summed E-state index contributed by atoms with van der Waals surface area (Å²) in [4.78, 5) is 2.68. The topological polar surface area (TPSA) is 63.9 Å². The third-order valence-electron chi connectivity index (χ3n) is 12.0. The Hall–Kier alpha value is -0.160. The molecule has 31 heavy (non-hydrogen) atoms. The number of rotatable bonds is 0. The zero-order valence-electron chi connectivity index (χ0n) is 19.9. The van der Waals surface area contributed by atoms with Crippen molar-refractivity contribution in [1.82, 2.24) is 4.90 Å². The van der Waals surface area contributed by atoms with Gasteiger partial charge >= 0.3 is 0 Å². The van der Waals surface area contributed by atoms with Gasteiger partial charge in [0.05, 0.1) is 17.8 Å². The molecule has 0 aromatic carbocycles. The first-order valence-corrected chi connectivity index (χ1v) is 13.5. The highest BCUT2D eigenvalue weighted by molar-refractivity contribution is 5.14. The van der Waals surface area contributed by atoms with Crippen LogP contribution in [0.15, 0.2) is 0 Å². The Labute approximate surface area is 188 Å². The second-order valence-electron chi connectivity index (χ2n) is 13.4. The van der Waals surface area contributed by atoms with Crippen LogP contribution in [-0.2, 0) is 0 Å². The van der Waals surface area contributed by atoms with Gasteiger partial charge in [0.1, 0.15) is 0 Å². The lowest BCUT2D eigenvalue weighted by molar-refractivity contribution is -0.176. The molecule has 0 aromatic rings. The molecule has 0 aromatic heterocycles. The molecule has 2 aliphatic heterocycles. The molecule has 4 aliphatic carbocycles. The Morgan fingerprint density at radius 1 is 0.742 bits per heavy atom. The summed E-state index contributed by atoms with van der Waals surface area (Å²) in [7, 11) is 0. The minimum atomic E-state index is -0.553. The molecule has 4 nitrogen and oxygen atoms in total. The number of hydrogen-bond donors (Lipinski definition) is 3. The monoisotopic (exact) mass is 431 g/mol. The predicted octanol–water partition coefficient (Wildman–Crippen LogP) is 3.68. The van der Waals surface area contributed by atoms with Crippen LogP contribution >= 0.6 is 0 Å². The summed E-state index contributed by atoms with van der Waals surface area (Å²) in [6.07, 6.45) is 9.43. The lowest BCUT2D eigenvalue weighted by Gasteiger charge is -2.60. The first kappa shape index (κ1) is 21.4. The lowest BCUT2D eigenvalue weighted by atomic mass is 9.51. The molecular formula is C27H45NO3. The van der Waals surface area contributed by atoms with E-state index >= 15 is 0 Å². The SMILES string of the molecule is C[C@H]1CC[C@@H]2N(C1)C[C@H]1[C@@H]3C[C@H]4[C@@H](C[C@@H](O)[C@H]5C[C@H](O)CC[C@@]54C)[C@H]3CC[C@@H]1[C@]2(C)O. The first-order chi connectivity index (χ1) is 14.7. The maximum absolute atomic E-state index is 11.8. The van der Waals surface area contributed by atoms with Crippen molar-refractivity contribution in [3.8, 4) is 0 Å². The number of fused-ring (bicyclic) bond motifs is 8. The van der Waals surface area contributed by atoms with E-state index in [1.54, 1.807) is 0 Å². The molecule has 6 aliphatic rings. The lowest BCUT2D eigenvalue weighted by Crippen LogP contribution is -2.67. The van der Waals surface area contributed by atoms with Gasteiger partial charge in [0.2, 0.25) is 0 Å². The quantitative estimate of drug-likeness (QED) is 0.547. The van der Waals surface area contributed by atoms with Gasteiger partial charge < -0.3 is 15.3 Å². The Morgan fingerprint density at radius 2 is 1.55 bits per heavy atom. The second kappa shape index (κ2) is 7.17. The van der Waals surface area contributed by atoms with E-state index in [-0.39, 0.29) is 23.5 Å². The molecule has 6 rings (SSSR count). The molecular weight excluding hydrogens is 386 g/mol. The Balaban J connectivity index is 1.30. The Kier molecular flexibility index (Phi) is 4.94. The van der Waals surface area contributed by atoms with Crippen LogP contribution in [0.2, 0.25) is 0 Å². The fourth-order valence-electron chi connectivity index (χ4n) is 10.6. The zero-order valence-corrected chi connectivity index (χ0v) is 19.9. The Morgan fingerprint density at radius 3 is 2.35 bits per heavy atom. The average Bonchev–Trinajstić information content (AvgIpc) is 3.09. The molecule has 3 N–H and O–H groups in total. The van der Waals surface area contributed by atoms with Gasteiger partial charge in [0.25, 0.3) is 0 Å². The number of piperidine rings is 2. The standard InChI is InChI=1S/C27H45NO3/c1-15-4-7-25-27(3,31)21-6-5-17-18(20(21)14-28(25)13-15)11-22-19(17)12-24(30)23-10-16(29)8-9-26(22,23)2/h15-25,29-31H,4-14H2,1-3H3/t15-,16+,17-,18+,19-,20-,21-,22-,23+,24+,25-,26+,27-/m0/s1. The summed E-state index contributed by atoms with van der Waals surface area (Å²) < 4.78 is 0. The molecule has 0 amide bonds. The molecule has 0 spiro atoms. The van der Waals surface area contributed by atoms with E-state index in [4.69, 9.17) is 0 Å². The van der Waals surface area contributed by atoms with Gasteiger partial charge in [-0.05, 0) is 117 Å². The van der Waals surface area contributed by atoms with E-state index in [1.165, 1.54) is 32.2 Å². The number of hydrogen-bond acceptors (Lipinski definition) is 4. The molecule has 13 atom stereocenters.